The summed E-state index contributed by atoms with van der Waals surface area (Å²) in [4.78, 5) is 13.0. The Labute approximate surface area is 236 Å². The lowest BCUT2D eigenvalue weighted by molar-refractivity contribution is 0.121. The third kappa shape index (κ3) is 4.96. The zero-order chi connectivity index (χ0) is 27.9. The number of anilines is 1. The highest BCUT2D eigenvalue weighted by atomic mass is 35.5. The van der Waals surface area contributed by atoms with Crippen LogP contribution in [0.15, 0.2) is 95.4 Å². The third-order valence-corrected chi connectivity index (χ3v) is 7.98. The predicted octanol–water partition coefficient (Wildman–Crippen LogP) is 8.89. The number of ether oxygens (including phenoxy) is 1. The van der Waals surface area contributed by atoms with Crippen LogP contribution in [0.2, 0.25) is 5.02 Å². The molecule has 0 radical (unpaired) electrons. The highest BCUT2D eigenvalue weighted by molar-refractivity contribution is 6.31. The van der Waals surface area contributed by atoms with Crippen LogP contribution in [0, 0.1) is 5.82 Å². The van der Waals surface area contributed by atoms with Crippen molar-refractivity contribution in [2.75, 3.05) is 11.9 Å². The maximum atomic E-state index is 14.0. The summed E-state index contributed by atoms with van der Waals surface area (Å²) in [5.41, 5.74) is 5.24. The van der Waals surface area contributed by atoms with Crippen LogP contribution in [-0.4, -0.2) is 17.8 Å². The number of aliphatic hydroxyl groups excluding tert-OH is 1. The normalized spacial score (nSPS) is 14.6. The van der Waals surface area contributed by atoms with Gasteiger partial charge >= 0.3 is 6.09 Å². The molecule has 0 aliphatic heterocycles. The quantitative estimate of drug-likeness (QED) is 0.210. The number of halogens is 2. The molecule has 1 amide bonds. The van der Waals surface area contributed by atoms with Gasteiger partial charge in [-0.15, -0.1) is 0 Å². The van der Waals surface area contributed by atoms with Crippen LogP contribution < -0.4 is 5.32 Å². The first-order valence-electron chi connectivity index (χ1n) is 13.1. The molecule has 0 spiro atoms. The van der Waals surface area contributed by atoms with E-state index >= 15 is 0 Å². The number of fused-ring (bicyclic) bond motifs is 1. The first-order valence-corrected chi connectivity index (χ1v) is 13.5. The maximum Gasteiger partial charge on any atom is 0.412 e. The third-order valence-electron chi connectivity index (χ3n) is 7.64. The van der Waals surface area contributed by atoms with Gasteiger partial charge in [0, 0.05) is 33.0 Å². The van der Waals surface area contributed by atoms with Crippen molar-refractivity contribution in [2.24, 2.45) is 0 Å². The van der Waals surface area contributed by atoms with Crippen molar-refractivity contribution in [3.63, 3.8) is 0 Å². The first-order chi connectivity index (χ1) is 19.4. The number of benzene rings is 4. The van der Waals surface area contributed by atoms with Gasteiger partial charge in [0.2, 0.25) is 0 Å². The van der Waals surface area contributed by atoms with Gasteiger partial charge in [0.1, 0.15) is 17.5 Å². The predicted molar refractivity (Wildman–Crippen MR) is 155 cm³/mol. The van der Waals surface area contributed by atoms with Crippen molar-refractivity contribution < 1.29 is 23.4 Å². The van der Waals surface area contributed by atoms with Crippen LogP contribution in [0.25, 0.3) is 33.4 Å². The lowest BCUT2D eigenvalue weighted by atomic mass is 9.94. The van der Waals surface area contributed by atoms with Crippen LogP contribution in [-0.2, 0) is 10.2 Å². The average molecular weight is 556 g/mol. The summed E-state index contributed by atoms with van der Waals surface area (Å²) >= 11 is 6.27. The number of hydrogen-bond acceptors (Lipinski definition) is 4. The smallest absolute Gasteiger partial charge is 0.412 e. The Hall–Kier alpha value is -4.13. The van der Waals surface area contributed by atoms with Crippen molar-refractivity contribution in [1.82, 2.24) is 0 Å². The van der Waals surface area contributed by atoms with E-state index in [9.17, 15) is 14.3 Å². The molecule has 7 heteroatoms. The molecule has 4 aromatic carbocycles. The number of aliphatic hydroxyl groups is 1. The van der Waals surface area contributed by atoms with Gasteiger partial charge in [-0.05, 0) is 54.7 Å². The lowest BCUT2D eigenvalue weighted by Gasteiger charge is -2.15. The van der Waals surface area contributed by atoms with Crippen molar-refractivity contribution in [1.29, 1.82) is 0 Å². The van der Waals surface area contributed by atoms with E-state index in [4.69, 9.17) is 20.8 Å². The molecule has 1 fully saturated rings. The summed E-state index contributed by atoms with van der Waals surface area (Å²) in [6.45, 7) is 1.91. The molecule has 5 nitrogen and oxygen atoms in total. The lowest BCUT2D eigenvalue weighted by Crippen LogP contribution is -2.16. The van der Waals surface area contributed by atoms with Crippen molar-refractivity contribution in [2.45, 2.75) is 31.3 Å². The molecule has 1 heterocycles. The number of carbonyl (C=O) groups is 1. The number of carbonyl (C=O) groups excluding carboxylic acids is 1. The van der Waals surface area contributed by atoms with Gasteiger partial charge in [-0.1, -0.05) is 78.3 Å². The van der Waals surface area contributed by atoms with Crippen molar-refractivity contribution >= 4 is 34.4 Å². The summed E-state index contributed by atoms with van der Waals surface area (Å²) in [7, 11) is 0. The van der Waals surface area contributed by atoms with Crippen molar-refractivity contribution in [3.8, 4) is 22.5 Å². The minimum absolute atomic E-state index is 0.0706. The van der Waals surface area contributed by atoms with Gasteiger partial charge in [0.25, 0.3) is 0 Å². The van der Waals surface area contributed by atoms with Gasteiger partial charge < -0.3 is 14.3 Å². The Kier molecular flexibility index (Phi) is 6.82. The maximum absolute atomic E-state index is 14.0. The van der Waals surface area contributed by atoms with Crippen LogP contribution >= 0.6 is 11.6 Å². The number of furan rings is 1. The van der Waals surface area contributed by atoms with Gasteiger partial charge in [-0.2, -0.15) is 0 Å². The Morgan fingerprint density at radius 3 is 2.30 bits per heavy atom. The summed E-state index contributed by atoms with van der Waals surface area (Å²) in [5.74, 6) is -0.0503. The second-order valence-corrected chi connectivity index (χ2v) is 10.6. The molecule has 1 saturated carbocycles. The van der Waals surface area contributed by atoms with E-state index in [0.717, 1.165) is 29.5 Å². The molecule has 1 atom stereocenters. The Bertz CT molecular complexity index is 1690. The van der Waals surface area contributed by atoms with Crippen molar-refractivity contribution in [3.05, 3.63) is 113 Å². The van der Waals surface area contributed by atoms with E-state index < -0.39 is 18.0 Å². The summed E-state index contributed by atoms with van der Waals surface area (Å²) in [5, 5.41) is 13.6. The van der Waals surface area contributed by atoms with Crippen LogP contribution in [0.4, 0.5) is 14.9 Å². The van der Waals surface area contributed by atoms with Gasteiger partial charge in [-0.3, -0.25) is 5.32 Å². The van der Waals surface area contributed by atoms with E-state index in [1.54, 1.807) is 25.1 Å². The second-order valence-electron chi connectivity index (χ2n) is 10.2. The van der Waals surface area contributed by atoms with Crippen LogP contribution in [0.3, 0.4) is 0 Å². The molecule has 1 aliphatic carbocycles. The van der Waals surface area contributed by atoms with E-state index in [2.05, 4.69) is 29.6 Å². The average Bonchev–Trinajstić information content (AvgIpc) is 3.70. The Morgan fingerprint density at radius 1 is 1.00 bits per heavy atom. The molecule has 0 saturated heterocycles. The Morgan fingerprint density at radius 2 is 1.65 bits per heavy atom. The molecule has 2 N–H and O–H groups in total. The molecule has 6 rings (SSSR count). The molecule has 5 aromatic rings. The topological polar surface area (TPSA) is 71.7 Å². The molecule has 1 aliphatic rings. The molecule has 1 unspecified atom stereocenters. The van der Waals surface area contributed by atoms with E-state index in [1.165, 1.54) is 12.1 Å². The van der Waals surface area contributed by atoms with E-state index in [1.807, 2.05) is 36.4 Å². The Balaban J connectivity index is 1.27. The zero-order valence-corrected chi connectivity index (χ0v) is 22.5. The fourth-order valence-corrected chi connectivity index (χ4v) is 5.37. The highest BCUT2D eigenvalue weighted by Crippen LogP contribution is 2.48. The fourth-order valence-electron chi connectivity index (χ4n) is 5.08. The molecular formula is C33H27ClFNO4. The summed E-state index contributed by atoms with van der Waals surface area (Å²) in [6.07, 6.45) is 0.753. The summed E-state index contributed by atoms with van der Waals surface area (Å²) in [6, 6.07) is 27.4. The molecular weight excluding hydrogens is 529 g/mol. The fraction of sp³-hybridized carbons (Fsp3) is 0.182. The molecule has 0 bridgehead atoms. The van der Waals surface area contributed by atoms with E-state index in [-0.39, 0.29) is 12.0 Å². The van der Waals surface area contributed by atoms with Crippen LogP contribution in [0.5, 0.6) is 0 Å². The summed E-state index contributed by atoms with van der Waals surface area (Å²) < 4.78 is 25.7. The minimum atomic E-state index is -0.686. The molecule has 1 aromatic heterocycles. The highest BCUT2D eigenvalue weighted by Gasteiger charge is 2.43. The molecule has 202 valence electrons. The SMILES string of the molecule is CC(OC(=O)Nc1c(-c2ccc(-c3ccc(C4(CO)CC4)cc3)cc2)oc2cc(F)ccc12)c1ccccc1Cl. The standard InChI is InChI=1S/C33H27ClFNO4/c1-20(26-4-2-3-5-28(26)34)39-32(38)36-30-27-15-14-25(35)18-29(27)40-31(30)23-8-6-21(7-9-23)22-10-12-24(13-11-22)33(19-37)16-17-33/h2-15,18,20,37H,16-17,19H2,1H3,(H,36,38). The number of amides is 1. The number of nitrogens with one attached hydrogen (secondary N) is 1. The second kappa shape index (κ2) is 10.5. The largest absolute Gasteiger partial charge is 0.454 e. The van der Waals surface area contributed by atoms with E-state index in [0.29, 0.717) is 38.6 Å². The van der Waals surface area contributed by atoms with Gasteiger partial charge in [-0.25, -0.2) is 9.18 Å². The van der Waals surface area contributed by atoms with Crippen LogP contribution in [0.1, 0.15) is 37.0 Å². The monoisotopic (exact) mass is 555 g/mol. The minimum Gasteiger partial charge on any atom is -0.454 e. The number of hydrogen-bond donors (Lipinski definition) is 2. The number of rotatable bonds is 7. The first kappa shape index (κ1) is 26.1. The van der Waals surface area contributed by atoms with Gasteiger partial charge in [0.05, 0.1) is 12.3 Å². The van der Waals surface area contributed by atoms with Gasteiger partial charge in [0.15, 0.2) is 5.76 Å². The molecule has 40 heavy (non-hydrogen) atoms. The zero-order valence-electron chi connectivity index (χ0n) is 21.8.